The van der Waals surface area contributed by atoms with Crippen molar-refractivity contribution in [2.45, 2.75) is 75.9 Å². The molecule has 4 atom stereocenters. The van der Waals surface area contributed by atoms with Crippen molar-refractivity contribution in [1.82, 2.24) is 16.0 Å². The lowest BCUT2D eigenvalue weighted by Crippen LogP contribution is -2.54. The van der Waals surface area contributed by atoms with E-state index in [1.54, 1.807) is 0 Å². The van der Waals surface area contributed by atoms with Crippen LogP contribution in [0.15, 0.2) is 30.3 Å². The third-order valence-corrected chi connectivity index (χ3v) is 8.84. The topological polar surface area (TPSA) is 143 Å². The molecule has 3 aliphatic rings. The molecule has 2 aromatic carbocycles. The highest BCUT2D eigenvalue weighted by molar-refractivity contribution is 6.40. The second kappa shape index (κ2) is 14.3. The molecule has 1 aliphatic carbocycles. The molecule has 0 aromatic heterocycles. The van der Waals surface area contributed by atoms with E-state index in [2.05, 4.69) is 21.3 Å². The summed E-state index contributed by atoms with van der Waals surface area (Å²) >= 11 is 0. The SMILES string of the molecule is O=C(Nc1ccccc1F)C(=O)N[C@@H](CCC1CCCCC1)C(=O)NC1C[C@@H]2CC(NC2=O)c2c(F)cc(F)c(F)c2OCC1=O. The van der Waals surface area contributed by atoms with E-state index in [1.807, 2.05) is 0 Å². The van der Waals surface area contributed by atoms with Crippen molar-refractivity contribution in [2.75, 3.05) is 11.9 Å². The van der Waals surface area contributed by atoms with E-state index in [0.29, 0.717) is 12.5 Å². The van der Waals surface area contributed by atoms with Gasteiger partial charge >= 0.3 is 11.8 Å². The number of fused-ring (bicyclic) bond motifs is 4. The molecule has 10 nitrogen and oxygen atoms in total. The molecule has 5 rings (SSSR count). The fourth-order valence-electron chi connectivity index (χ4n) is 6.37. The fourth-order valence-corrected chi connectivity index (χ4v) is 6.37. The zero-order valence-electron chi connectivity index (χ0n) is 24.8. The van der Waals surface area contributed by atoms with Crippen LogP contribution < -0.4 is 26.0 Å². The van der Waals surface area contributed by atoms with E-state index in [-0.39, 0.29) is 30.9 Å². The minimum absolute atomic E-state index is 0.0884. The quantitative estimate of drug-likeness (QED) is 0.205. The Labute approximate surface area is 262 Å². The van der Waals surface area contributed by atoms with Crippen molar-refractivity contribution in [3.63, 3.8) is 0 Å². The predicted octanol–water partition coefficient (Wildman–Crippen LogP) is 3.74. The summed E-state index contributed by atoms with van der Waals surface area (Å²) in [6.07, 6.45) is 5.38. The van der Waals surface area contributed by atoms with E-state index < -0.39 is 94.6 Å². The summed E-state index contributed by atoms with van der Waals surface area (Å²) in [5, 5.41) is 9.62. The van der Waals surface area contributed by atoms with E-state index in [9.17, 15) is 41.5 Å². The maximum Gasteiger partial charge on any atom is 0.313 e. The lowest BCUT2D eigenvalue weighted by molar-refractivity contribution is -0.138. The van der Waals surface area contributed by atoms with Gasteiger partial charge in [0.15, 0.2) is 17.3 Å². The molecule has 2 aliphatic heterocycles. The van der Waals surface area contributed by atoms with Gasteiger partial charge < -0.3 is 26.0 Å². The monoisotopic (exact) mass is 646 g/mol. The summed E-state index contributed by atoms with van der Waals surface area (Å²) in [5.74, 6) is -11.1. The standard InChI is InChI=1S/C32H34F4N4O6/c33-18-8-4-5-9-21(18)37-31(44)32(45)38-22(11-10-16-6-2-1-3-7-16)30(43)39-23-12-17-13-24(40-29(17)42)26-19(34)14-20(35)27(36)28(26)46-15-25(23)41/h4-5,8-9,14,16-17,22-24H,1-3,6-7,10-13,15H2,(H,37,44)(H,38,45)(H,39,43)(H,40,42)/t17-,22+,23?,24?/m1/s1. The number of benzene rings is 2. The maximum absolute atomic E-state index is 14.7. The normalized spacial score (nSPS) is 22.1. The number of hydrogen-bond acceptors (Lipinski definition) is 6. The number of nitrogens with one attached hydrogen (secondary N) is 4. The summed E-state index contributed by atoms with van der Waals surface area (Å²) in [6, 6.07) is 1.86. The molecule has 2 aromatic rings. The van der Waals surface area contributed by atoms with Gasteiger partial charge in [-0.15, -0.1) is 0 Å². The van der Waals surface area contributed by atoms with Crippen LogP contribution in [0.3, 0.4) is 0 Å². The molecule has 4 N–H and O–H groups in total. The molecule has 1 saturated carbocycles. The molecule has 246 valence electrons. The average Bonchev–Trinajstić information content (AvgIpc) is 3.39. The number of hydrogen-bond donors (Lipinski definition) is 4. The summed E-state index contributed by atoms with van der Waals surface area (Å²) < 4.78 is 62.8. The summed E-state index contributed by atoms with van der Waals surface area (Å²) in [5.41, 5.74) is -0.645. The minimum Gasteiger partial charge on any atom is -0.482 e. The molecule has 0 radical (unpaired) electrons. The number of anilines is 1. The molecular formula is C32H34F4N4O6. The van der Waals surface area contributed by atoms with Crippen molar-refractivity contribution in [3.05, 3.63) is 59.2 Å². The third-order valence-electron chi connectivity index (χ3n) is 8.84. The van der Waals surface area contributed by atoms with Crippen LogP contribution >= 0.6 is 0 Å². The van der Waals surface area contributed by atoms with E-state index in [4.69, 9.17) is 4.74 Å². The molecule has 1 saturated heterocycles. The van der Waals surface area contributed by atoms with Gasteiger partial charge in [-0.2, -0.15) is 4.39 Å². The Morgan fingerprint density at radius 1 is 0.935 bits per heavy atom. The Balaban J connectivity index is 1.33. The van der Waals surface area contributed by atoms with Crippen molar-refractivity contribution in [2.24, 2.45) is 11.8 Å². The van der Waals surface area contributed by atoms with Gasteiger partial charge in [0, 0.05) is 12.0 Å². The maximum atomic E-state index is 14.7. The van der Waals surface area contributed by atoms with Crippen LogP contribution in [-0.2, 0) is 24.0 Å². The van der Waals surface area contributed by atoms with Gasteiger partial charge in [-0.1, -0.05) is 44.2 Å². The third kappa shape index (κ3) is 7.48. The lowest BCUT2D eigenvalue weighted by Gasteiger charge is -2.27. The first kappa shape index (κ1) is 32.9. The van der Waals surface area contributed by atoms with Crippen molar-refractivity contribution < 1.29 is 46.3 Å². The molecule has 46 heavy (non-hydrogen) atoms. The van der Waals surface area contributed by atoms with Gasteiger partial charge in [-0.05, 0) is 43.7 Å². The number of ether oxygens (including phenoxy) is 1. The highest BCUT2D eigenvalue weighted by atomic mass is 19.2. The molecule has 14 heteroatoms. The van der Waals surface area contributed by atoms with Crippen LogP contribution in [-0.4, -0.2) is 48.1 Å². The first-order valence-electron chi connectivity index (χ1n) is 15.3. The number of ketones is 1. The van der Waals surface area contributed by atoms with E-state index >= 15 is 0 Å². The number of amides is 4. The van der Waals surface area contributed by atoms with Crippen LogP contribution in [0.5, 0.6) is 5.75 Å². The number of carbonyl (C=O) groups excluding carboxylic acids is 5. The fraction of sp³-hybridized carbons (Fsp3) is 0.469. The summed E-state index contributed by atoms with van der Waals surface area (Å²) in [6.45, 7) is -0.879. The van der Waals surface area contributed by atoms with E-state index in [1.165, 1.54) is 18.2 Å². The number of para-hydroxylation sites is 1. The van der Waals surface area contributed by atoms with Crippen LogP contribution in [0.2, 0.25) is 0 Å². The van der Waals surface area contributed by atoms with Gasteiger partial charge in [-0.3, -0.25) is 24.0 Å². The largest absolute Gasteiger partial charge is 0.482 e. The van der Waals surface area contributed by atoms with Crippen LogP contribution in [0.4, 0.5) is 23.2 Å². The Morgan fingerprint density at radius 3 is 2.41 bits per heavy atom. The van der Waals surface area contributed by atoms with Crippen molar-refractivity contribution in [1.29, 1.82) is 0 Å². The molecule has 2 bridgehead atoms. The first-order chi connectivity index (χ1) is 22.0. The smallest absolute Gasteiger partial charge is 0.313 e. The van der Waals surface area contributed by atoms with Crippen LogP contribution in [0.25, 0.3) is 0 Å². The van der Waals surface area contributed by atoms with Crippen molar-refractivity contribution in [3.8, 4) is 5.75 Å². The van der Waals surface area contributed by atoms with Gasteiger partial charge in [0.25, 0.3) is 0 Å². The number of rotatable bonds is 7. The van der Waals surface area contributed by atoms with Crippen LogP contribution in [0, 0.1) is 35.1 Å². The highest BCUT2D eigenvalue weighted by Gasteiger charge is 2.41. The first-order valence-corrected chi connectivity index (χ1v) is 15.3. The lowest BCUT2D eigenvalue weighted by atomic mass is 9.85. The Hall–Kier alpha value is -4.49. The predicted molar refractivity (Wildman–Crippen MR) is 155 cm³/mol. The highest BCUT2D eigenvalue weighted by Crippen LogP contribution is 2.40. The molecule has 2 unspecified atom stereocenters. The second-order valence-electron chi connectivity index (χ2n) is 12.0. The van der Waals surface area contributed by atoms with Gasteiger partial charge in [0.2, 0.25) is 17.6 Å². The second-order valence-corrected chi connectivity index (χ2v) is 12.0. The van der Waals surface area contributed by atoms with E-state index in [0.717, 1.165) is 38.2 Å². The molecule has 2 heterocycles. The Kier molecular flexibility index (Phi) is 10.2. The Morgan fingerprint density at radius 2 is 1.67 bits per heavy atom. The molecule has 4 amide bonds. The van der Waals surface area contributed by atoms with Crippen LogP contribution in [0.1, 0.15) is 69.4 Å². The van der Waals surface area contributed by atoms with Crippen molar-refractivity contribution >= 4 is 35.1 Å². The minimum atomic E-state index is -1.54. The molecule has 2 fully saturated rings. The zero-order valence-corrected chi connectivity index (χ0v) is 24.8. The van der Waals surface area contributed by atoms with Gasteiger partial charge in [0.1, 0.15) is 24.3 Å². The average molecular weight is 647 g/mol. The molecular weight excluding hydrogens is 612 g/mol. The number of carbonyl (C=O) groups is 5. The number of halogens is 4. The number of Topliss-reactive ketones (excluding diaryl/α,β-unsaturated/α-hetero) is 1. The van der Waals surface area contributed by atoms with Gasteiger partial charge in [-0.25, -0.2) is 13.2 Å². The molecule has 0 spiro atoms. The summed E-state index contributed by atoms with van der Waals surface area (Å²) in [4.78, 5) is 65.1. The Bertz CT molecular complexity index is 1530. The summed E-state index contributed by atoms with van der Waals surface area (Å²) in [7, 11) is 0. The zero-order chi connectivity index (χ0) is 33.0. The van der Waals surface area contributed by atoms with Gasteiger partial charge in [0.05, 0.1) is 23.3 Å².